The van der Waals surface area contributed by atoms with E-state index in [0.717, 1.165) is 11.3 Å². The number of hydrogen-bond acceptors (Lipinski definition) is 6. The molecule has 3 N–H and O–H groups in total. The Morgan fingerprint density at radius 3 is 2.62 bits per heavy atom. The summed E-state index contributed by atoms with van der Waals surface area (Å²) in [5, 5.41) is 0. The molecule has 0 fully saturated rings. The maximum absolute atomic E-state index is 10.9. The molecule has 2 aromatic heterocycles. The van der Waals surface area contributed by atoms with Gasteiger partial charge in [-0.25, -0.2) is 9.97 Å². The summed E-state index contributed by atoms with van der Waals surface area (Å²) >= 11 is 0.918. The van der Waals surface area contributed by atoms with Crippen molar-refractivity contribution in [1.82, 2.24) is 9.97 Å². The van der Waals surface area contributed by atoms with Crippen molar-refractivity contribution in [3.05, 3.63) is 24.4 Å². The van der Waals surface area contributed by atoms with Gasteiger partial charge in [-0.1, -0.05) is 0 Å². The van der Waals surface area contributed by atoms with Gasteiger partial charge in [0.25, 0.3) is 0 Å². The molecule has 84 valence electrons. The van der Waals surface area contributed by atoms with E-state index < -0.39 is 10.1 Å². The first-order valence-electron chi connectivity index (χ1n) is 4.13. The Labute approximate surface area is 95.5 Å². The van der Waals surface area contributed by atoms with E-state index in [1.807, 2.05) is 0 Å². The summed E-state index contributed by atoms with van der Waals surface area (Å²) in [5.41, 5.74) is 5.92. The molecular formula is C8H7N3O3S2. The van der Waals surface area contributed by atoms with E-state index in [1.165, 1.54) is 12.3 Å². The van der Waals surface area contributed by atoms with Gasteiger partial charge in [-0.05, 0) is 18.2 Å². The molecule has 0 aromatic carbocycles. The molecule has 8 heteroatoms. The molecule has 0 atom stereocenters. The fraction of sp³-hybridized carbons (Fsp3) is 0. The van der Waals surface area contributed by atoms with Crippen LogP contribution < -0.4 is 5.73 Å². The molecule has 0 spiro atoms. The lowest BCUT2D eigenvalue weighted by molar-refractivity contribution is 0.485. The van der Waals surface area contributed by atoms with Crippen LogP contribution in [0.5, 0.6) is 0 Å². The smallest absolute Gasteiger partial charge is 0.304 e. The summed E-state index contributed by atoms with van der Waals surface area (Å²) in [6.07, 6.45) is 1.48. The highest BCUT2D eigenvalue weighted by Crippen LogP contribution is 2.29. The molecular weight excluding hydrogens is 250 g/mol. The van der Waals surface area contributed by atoms with Crippen molar-refractivity contribution in [2.45, 2.75) is 4.21 Å². The molecule has 0 aliphatic carbocycles. The first-order valence-corrected chi connectivity index (χ1v) is 6.39. The van der Waals surface area contributed by atoms with Crippen molar-refractivity contribution in [3.8, 4) is 10.6 Å². The van der Waals surface area contributed by atoms with E-state index in [2.05, 4.69) is 9.97 Å². The van der Waals surface area contributed by atoms with E-state index in [0.29, 0.717) is 10.6 Å². The van der Waals surface area contributed by atoms with Gasteiger partial charge in [0, 0.05) is 6.20 Å². The maximum atomic E-state index is 10.9. The average molecular weight is 257 g/mol. The highest BCUT2D eigenvalue weighted by molar-refractivity contribution is 7.88. The lowest BCUT2D eigenvalue weighted by Gasteiger charge is -1.96. The number of anilines is 1. The molecule has 0 bridgehead atoms. The minimum Gasteiger partial charge on any atom is -0.368 e. The van der Waals surface area contributed by atoms with Gasteiger partial charge in [0.15, 0.2) is 0 Å². The van der Waals surface area contributed by atoms with Gasteiger partial charge in [0.1, 0.15) is 4.21 Å². The Bertz CT molecular complexity index is 621. The van der Waals surface area contributed by atoms with Crippen molar-refractivity contribution < 1.29 is 13.0 Å². The van der Waals surface area contributed by atoms with E-state index in [1.54, 1.807) is 12.1 Å². The van der Waals surface area contributed by atoms with E-state index >= 15 is 0 Å². The van der Waals surface area contributed by atoms with Crippen molar-refractivity contribution in [2.75, 3.05) is 5.73 Å². The summed E-state index contributed by atoms with van der Waals surface area (Å²) in [4.78, 5) is 8.26. The number of thiophene rings is 1. The number of rotatable bonds is 2. The number of nitrogens with two attached hydrogens (primary N) is 1. The Kier molecular flexibility index (Phi) is 2.62. The second-order valence-electron chi connectivity index (χ2n) is 2.89. The number of hydrogen-bond donors (Lipinski definition) is 2. The third kappa shape index (κ3) is 2.18. The third-order valence-corrected chi connectivity index (χ3v) is 4.19. The summed E-state index contributed by atoms with van der Waals surface area (Å²) in [6, 6.07) is 4.47. The van der Waals surface area contributed by atoms with Crippen LogP contribution in [0.1, 0.15) is 0 Å². The number of nitrogens with zero attached hydrogens (tertiary/aromatic N) is 2. The molecule has 16 heavy (non-hydrogen) atoms. The van der Waals surface area contributed by atoms with Gasteiger partial charge < -0.3 is 5.73 Å². The molecule has 2 rings (SSSR count). The zero-order valence-corrected chi connectivity index (χ0v) is 9.49. The number of aromatic nitrogens is 2. The molecule has 0 saturated heterocycles. The average Bonchev–Trinajstić information content (AvgIpc) is 2.65. The normalized spacial score (nSPS) is 11.6. The summed E-state index contributed by atoms with van der Waals surface area (Å²) in [7, 11) is -4.16. The zero-order valence-electron chi connectivity index (χ0n) is 7.86. The SMILES string of the molecule is Nc1nccc(-c2ccc(S(=O)(=O)O)s2)n1. The first kappa shape index (κ1) is 11.0. The Hall–Kier alpha value is -1.51. The molecule has 0 aliphatic heterocycles. The fourth-order valence-electron chi connectivity index (χ4n) is 1.11. The Morgan fingerprint density at radius 1 is 1.31 bits per heavy atom. The van der Waals surface area contributed by atoms with Crippen LogP contribution >= 0.6 is 11.3 Å². The summed E-state index contributed by atoms with van der Waals surface area (Å²) in [6.45, 7) is 0. The monoisotopic (exact) mass is 257 g/mol. The van der Waals surface area contributed by atoms with Crippen LogP contribution in [-0.2, 0) is 10.1 Å². The lowest BCUT2D eigenvalue weighted by atomic mass is 10.3. The highest BCUT2D eigenvalue weighted by Gasteiger charge is 2.14. The molecule has 0 saturated carbocycles. The van der Waals surface area contributed by atoms with Crippen molar-refractivity contribution in [2.24, 2.45) is 0 Å². The second kappa shape index (κ2) is 3.81. The molecule has 0 radical (unpaired) electrons. The third-order valence-electron chi connectivity index (χ3n) is 1.76. The summed E-state index contributed by atoms with van der Waals surface area (Å²) in [5.74, 6) is 0.110. The van der Waals surface area contributed by atoms with Gasteiger partial charge in [-0.3, -0.25) is 4.55 Å². The molecule has 0 amide bonds. The van der Waals surface area contributed by atoms with E-state index in [-0.39, 0.29) is 10.2 Å². The van der Waals surface area contributed by atoms with Gasteiger partial charge in [0.05, 0.1) is 10.6 Å². The quantitative estimate of drug-likeness (QED) is 0.778. The van der Waals surface area contributed by atoms with Gasteiger partial charge >= 0.3 is 10.1 Å². The molecule has 0 aliphatic rings. The van der Waals surface area contributed by atoms with Crippen LogP contribution in [0.4, 0.5) is 5.95 Å². The summed E-state index contributed by atoms with van der Waals surface area (Å²) < 4.78 is 30.4. The van der Waals surface area contributed by atoms with Crippen LogP contribution in [0.3, 0.4) is 0 Å². The zero-order chi connectivity index (χ0) is 11.8. The fourth-order valence-corrected chi connectivity index (χ4v) is 2.75. The molecule has 2 aromatic rings. The van der Waals surface area contributed by atoms with Crippen LogP contribution in [0, 0.1) is 0 Å². The van der Waals surface area contributed by atoms with E-state index in [4.69, 9.17) is 10.3 Å². The molecule has 6 nitrogen and oxygen atoms in total. The van der Waals surface area contributed by atoms with Gasteiger partial charge in [-0.2, -0.15) is 8.42 Å². The highest BCUT2D eigenvalue weighted by atomic mass is 32.3. The maximum Gasteiger partial charge on any atom is 0.304 e. The topological polar surface area (TPSA) is 106 Å². The minimum absolute atomic E-state index is 0.110. The molecule has 2 heterocycles. The second-order valence-corrected chi connectivity index (χ2v) is 5.63. The van der Waals surface area contributed by atoms with Crippen molar-refractivity contribution in [1.29, 1.82) is 0 Å². The number of nitrogen functional groups attached to an aromatic ring is 1. The molecule has 0 unspecified atom stereocenters. The van der Waals surface area contributed by atoms with Crippen molar-refractivity contribution in [3.63, 3.8) is 0 Å². The van der Waals surface area contributed by atoms with Gasteiger partial charge in [0.2, 0.25) is 5.95 Å². The largest absolute Gasteiger partial charge is 0.368 e. The van der Waals surface area contributed by atoms with E-state index in [9.17, 15) is 8.42 Å². The first-order chi connectivity index (χ1) is 7.47. The van der Waals surface area contributed by atoms with Crippen LogP contribution in [0.25, 0.3) is 10.6 Å². The van der Waals surface area contributed by atoms with Crippen molar-refractivity contribution >= 4 is 27.4 Å². The predicted molar refractivity (Wildman–Crippen MR) is 59.6 cm³/mol. The van der Waals surface area contributed by atoms with Crippen LogP contribution in [-0.4, -0.2) is 22.9 Å². The minimum atomic E-state index is -4.16. The lowest BCUT2D eigenvalue weighted by Crippen LogP contribution is -1.94. The van der Waals surface area contributed by atoms with Crippen LogP contribution in [0.2, 0.25) is 0 Å². The van der Waals surface area contributed by atoms with Crippen LogP contribution in [0.15, 0.2) is 28.6 Å². The van der Waals surface area contributed by atoms with Gasteiger partial charge in [-0.15, -0.1) is 11.3 Å². The Balaban J connectivity index is 2.47. The predicted octanol–water partition coefficient (Wildman–Crippen LogP) is 1.03. The Morgan fingerprint density at radius 2 is 2.06 bits per heavy atom. The standard InChI is InChI=1S/C8H7N3O3S2/c9-8-10-4-3-5(11-8)6-1-2-7(15-6)16(12,13)14/h1-4H,(H2,9,10,11)(H,12,13,14).